The van der Waals surface area contributed by atoms with Crippen molar-refractivity contribution < 1.29 is 9.59 Å². The van der Waals surface area contributed by atoms with Crippen LogP contribution in [0, 0.1) is 5.92 Å². The van der Waals surface area contributed by atoms with Gasteiger partial charge < -0.3 is 11.1 Å². The fourth-order valence-corrected chi connectivity index (χ4v) is 4.06. The van der Waals surface area contributed by atoms with E-state index in [9.17, 15) is 9.59 Å². The molecule has 1 atom stereocenters. The van der Waals surface area contributed by atoms with E-state index in [1.807, 2.05) is 5.38 Å². The Morgan fingerprint density at radius 3 is 2.95 bits per heavy atom. The van der Waals surface area contributed by atoms with E-state index < -0.39 is 5.91 Å². The molecule has 2 aromatic rings. The van der Waals surface area contributed by atoms with Crippen molar-refractivity contribution in [2.24, 2.45) is 11.7 Å². The first-order valence-electron chi connectivity index (χ1n) is 7.35. The smallest absolute Gasteiger partial charge is 0.256 e. The molecule has 114 valence electrons. The van der Waals surface area contributed by atoms with Crippen LogP contribution in [0.3, 0.4) is 0 Å². The molecule has 4 nitrogen and oxygen atoms in total. The van der Waals surface area contributed by atoms with Crippen LogP contribution < -0.4 is 11.1 Å². The minimum atomic E-state index is -0.502. The third-order valence-corrected chi connectivity index (χ3v) is 5.10. The van der Waals surface area contributed by atoms with Gasteiger partial charge in [0.15, 0.2) is 0 Å². The molecule has 1 aromatic carbocycles. The molecule has 2 amide bonds. The number of primary amides is 1. The second kappa shape index (κ2) is 5.93. The van der Waals surface area contributed by atoms with Crippen LogP contribution >= 0.6 is 11.3 Å². The van der Waals surface area contributed by atoms with Crippen molar-refractivity contribution in [3.8, 4) is 0 Å². The Bertz CT molecular complexity index is 736. The van der Waals surface area contributed by atoms with Crippen molar-refractivity contribution in [1.82, 2.24) is 0 Å². The van der Waals surface area contributed by atoms with E-state index in [2.05, 4.69) is 12.2 Å². The Balaban J connectivity index is 1.81. The molecule has 0 radical (unpaired) electrons. The number of hydrogen-bond acceptors (Lipinski definition) is 3. The summed E-state index contributed by atoms with van der Waals surface area (Å²) in [7, 11) is 0. The number of nitrogens with one attached hydrogen (secondary N) is 1. The summed E-state index contributed by atoms with van der Waals surface area (Å²) in [6.45, 7) is 2.25. The average Bonchev–Trinajstić information content (AvgIpc) is 2.90. The summed E-state index contributed by atoms with van der Waals surface area (Å²) in [6, 6.07) is 6.69. The monoisotopic (exact) mass is 314 g/mol. The summed E-state index contributed by atoms with van der Waals surface area (Å²) >= 11 is 1.67. The van der Waals surface area contributed by atoms with Gasteiger partial charge in [-0.15, -0.1) is 11.3 Å². The second-order valence-corrected chi connectivity index (χ2v) is 6.76. The van der Waals surface area contributed by atoms with Crippen molar-refractivity contribution in [2.75, 3.05) is 5.32 Å². The standard InChI is InChI=1S/C17H18N2O2S/c1-10-5-6-13-14(9-22-15(13)7-10)17(21)19-12-4-2-3-11(8-12)16(18)20/h2-4,8-10H,5-7H2,1H3,(H2,18,20)(H,19,21). The van der Waals surface area contributed by atoms with Crippen LogP contribution in [-0.2, 0) is 12.8 Å². The number of rotatable bonds is 3. The van der Waals surface area contributed by atoms with E-state index in [1.165, 1.54) is 10.4 Å². The summed E-state index contributed by atoms with van der Waals surface area (Å²) in [4.78, 5) is 25.0. The summed E-state index contributed by atoms with van der Waals surface area (Å²) in [6.07, 6.45) is 3.15. The molecule has 3 rings (SSSR count). The lowest BCUT2D eigenvalue weighted by Gasteiger charge is -2.18. The van der Waals surface area contributed by atoms with Crippen molar-refractivity contribution in [3.05, 3.63) is 51.2 Å². The molecule has 1 aliphatic carbocycles. The van der Waals surface area contributed by atoms with Crippen molar-refractivity contribution in [3.63, 3.8) is 0 Å². The quantitative estimate of drug-likeness (QED) is 0.913. The van der Waals surface area contributed by atoms with Crippen LogP contribution in [0.25, 0.3) is 0 Å². The number of amides is 2. The molecular weight excluding hydrogens is 296 g/mol. The Hall–Kier alpha value is -2.14. The van der Waals surface area contributed by atoms with Crippen LogP contribution in [0.1, 0.15) is 44.5 Å². The Morgan fingerprint density at radius 2 is 2.18 bits per heavy atom. The number of fused-ring (bicyclic) bond motifs is 1. The highest BCUT2D eigenvalue weighted by Gasteiger charge is 2.23. The molecule has 3 N–H and O–H groups in total. The lowest BCUT2D eigenvalue weighted by molar-refractivity contribution is 0.0996. The predicted octanol–water partition coefficient (Wildman–Crippen LogP) is 3.22. The summed E-state index contributed by atoms with van der Waals surface area (Å²) in [5.41, 5.74) is 8.19. The highest BCUT2D eigenvalue weighted by molar-refractivity contribution is 7.10. The number of benzene rings is 1. The summed E-state index contributed by atoms with van der Waals surface area (Å²) < 4.78 is 0. The minimum Gasteiger partial charge on any atom is -0.366 e. The van der Waals surface area contributed by atoms with Gasteiger partial charge in [-0.05, 0) is 48.9 Å². The molecule has 5 heteroatoms. The van der Waals surface area contributed by atoms with Crippen molar-refractivity contribution >= 4 is 28.8 Å². The first-order chi connectivity index (χ1) is 10.5. The van der Waals surface area contributed by atoms with E-state index in [0.717, 1.165) is 24.8 Å². The molecule has 1 heterocycles. The van der Waals surface area contributed by atoms with Crippen LogP contribution in [0.2, 0.25) is 0 Å². The first kappa shape index (κ1) is 14.8. The highest BCUT2D eigenvalue weighted by atomic mass is 32.1. The lowest BCUT2D eigenvalue weighted by atomic mass is 9.88. The van der Waals surface area contributed by atoms with Gasteiger partial charge >= 0.3 is 0 Å². The molecule has 0 fully saturated rings. The number of carbonyl (C=O) groups excluding carboxylic acids is 2. The molecule has 0 aliphatic heterocycles. The zero-order chi connectivity index (χ0) is 15.7. The molecular formula is C17H18N2O2S. The maximum Gasteiger partial charge on any atom is 0.256 e. The zero-order valence-corrected chi connectivity index (χ0v) is 13.2. The highest BCUT2D eigenvalue weighted by Crippen LogP contribution is 2.33. The number of thiophene rings is 1. The van der Waals surface area contributed by atoms with Crippen LogP contribution in [0.4, 0.5) is 5.69 Å². The summed E-state index contributed by atoms with van der Waals surface area (Å²) in [5, 5.41) is 4.80. The van der Waals surface area contributed by atoms with Gasteiger partial charge in [0.2, 0.25) is 5.91 Å². The maximum absolute atomic E-state index is 12.5. The predicted molar refractivity (Wildman–Crippen MR) is 88.4 cm³/mol. The number of anilines is 1. The SMILES string of the molecule is CC1CCc2c(C(=O)Nc3cccc(C(N)=O)c3)csc2C1. The van der Waals surface area contributed by atoms with E-state index >= 15 is 0 Å². The van der Waals surface area contributed by atoms with E-state index in [0.29, 0.717) is 17.2 Å². The van der Waals surface area contributed by atoms with Gasteiger partial charge in [-0.3, -0.25) is 9.59 Å². The third kappa shape index (κ3) is 2.90. The van der Waals surface area contributed by atoms with Gasteiger partial charge in [0.1, 0.15) is 0 Å². The van der Waals surface area contributed by atoms with Crippen LogP contribution in [0.15, 0.2) is 29.6 Å². The van der Waals surface area contributed by atoms with Crippen molar-refractivity contribution in [1.29, 1.82) is 0 Å². The van der Waals surface area contributed by atoms with E-state index in [1.54, 1.807) is 35.6 Å². The summed E-state index contributed by atoms with van der Waals surface area (Å²) in [5.74, 6) is 0.0704. The molecule has 0 spiro atoms. The maximum atomic E-state index is 12.5. The molecule has 1 aromatic heterocycles. The molecule has 0 saturated heterocycles. The molecule has 0 saturated carbocycles. The Kier molecular flexibility index (Phi) is 3.98. The van der Waals surface area contributed by atoms with Crippen molar-refractivity contribution in [2.45, 2.75) is 26.2 Å². The molecule has 22 heavy (non-hydrogen) atoms. The van der Waals surface area contributed by atoms with E-state index in [4.69, 9.17) is 5.73 Å². The first-order valence-corrected chi connectivity index (χ1v) is 8.23. The second-order valence-electron chi connectivity index (χ2n) is 5.80. The number of hydrogen-bond donors (Lipinski definition) is 2. The number of carbonyl (C=O) groups is 2. The topological polar surface area (TPSA) is 72.2 Å². The van der Waals surface area contributed by atoms with Gasteiger partial charge in [-0.1, -0.05) is 13.0 Å². The van der Waals surface area contributed by atoms with Gasteiger partial charge in [-0.2, -0.15) is 0 Å². The van der Waals surface area contributed by atoms with Crippen LogP contribution in [0.5, 0.6) is 0 Å². The van der Waals surface area contributed by atoms with Gasteiger partial charge in [0.25, 0.3) is 5.91 Å². The zero-order valence-electron chi connectivity index (χ0n) is 12.4. The van der Waals surface area contributed by atoms with Gasteiger partial charge in [0, 0.05) is 21.5 Å². The lowest BCUT2D eigenvalue weighted by Crippen LogP contribution is -2.17. The normalized spacial score (nSPS) is 16.9. The number of nitrogens with two attached hydrogens (primary N) is 1. The fraction of sp³-hybridized carbons (Fsp3) is 0.294. The van der Waals surface area contributed by atoms with Gasteiger partial charge in [-0.25, -0.2) is 0 Å². The Morgan fingerprint density at radius 1 is 1.36 bits per heavy atom. The Labute approximate surface area is 133 Å². The fourth-order valence-electron chi connectivity index (χ4n) is 2.82. The molecule has 1 unspecified atom stereocenters. The van der Waals surface area contributed by atoms with Crippen LogP contribution in [-0.4, -0.2) is 11.8 Å². The minimum absolute atomic E-state index is 0.117. The molecule has 1 aliphatic rings. The van der Waals surface area contributed by atoms with Gasteiger partial charge in [0.05, 0.1) is 5.56 Å². The van der Waals surface area contributed by atoms with E-state index in [-0.39, 0.29) is 5.91 Å². The largest absolute Gasteiger partial charge is 0.366 e. The third-order valence-electron chi connectivity index (χ3n) is 4.05. The average molecular weight is 314 g/mol. The molecule has 0 bridgehead atoms.